The lowest BCUT2D eigenvalue weighted by Crippen LogP contribution is -2.29. The number of aliphatic hydroxyl groups is 1. The van der Waals surface area contributed by atoms with Gasteiger partial charge in [-0.2, -0.15) is 0 Å². The second-order valence-corrected chi connectivity index (χ2v) is 9.48. The number of ketones is 1. The molecular weight excluding hydrogens is 496 g/mol. The number of nitrogens with one attached hydrogen (secondary N) is 1. The van der Waals surface area contributed by atoms with Gasteiger partial charge in [-0.25, -0.2) is 0 Å². The molecular formula is C31H32N2O6. The normalized spacial score (nSPS) is 16.5. The largest absolute Gasteiger partial charge is 0.507 e. The molecule has 8 nitrogen and oxygen atoms in total. The van der Waals surface area contributed by atoms with Crippen LogP contribution in [0.4, 0.5) is 11.4 Å². The van der Waals surface area contributed by atoms with Gasteiger partial charge in [0.05, 0.1) is 25.3 Å². The van der Waals surface area contributed by atoms with Gasteiger partial charge >= 0.3 is 0 Å². The number of nitrogens with zero attached hydrogens (tertiary/aromatic N) is 1. The van der Waals surface area contributed by atoms with Crippen molar-refractivity contribution in [2.24, 2.45) is 0 Å². The fourth-order valence-corrected chi connectivity index (χ4v) is 4.78. The second-order valence-electron chi connectivity index (χ2n) is 9.48. The van der Waals surface area contributed by atoms with Crippen LogP contribution in [0.25, 0.3) is 5.76 Å². The average Bonchev–Trinajstić information content (AvgIpc) is 3.18. The molecule has 1 unspecified atom stereocenters. The van der Waals surface area contributed by atoms with E-state index in [9.17, 15) is 19.5 Å². The predicted molar refractivity (Wildman–Crippen MR) is 150 cm³/mol. The zero-order valence-electron chi connectivity index (χ0n) is 22.6. The van der Waals surface area contributed by atoms with Crippen molar-refractivity contribution in [1.29, 1.82) is 0 Å². The van der Waals surface area contributed by atoms with E-state index in [-0.39, 0.29) is 23.2 Å². The van der Waals surface area contributed by atoms with Crippen LogP contribution in [-0.4, -0.2) is 36.4 Å². The van der Waals surface area contributed by atoms with E-state index in [0.717, 1.165) is 5.56 Å². The lowest BCUT2D eigenvalue weighted by molar-refractivity contribution is -0.132. The van der Waals surface area contributed by atoms with Gasteiger partial charge in [0.2, 0.25) is 5.91 Å². The van der Waals surface area contributed by atoms with Crippen LogP contribution in [0.5, 0.6) is 11.5 Å². The maximum atomic E-state index is 13.6. The maximum absolute atomic E-state index is 13.6. The van der Waals surface area contributed by atoms with Crippen molar-refractivity contribution in [2.75, 3.05) is 23.9 Å². The molecule has 2 amide bonds. The SMILES string of the molecule is CCOc1ccc(/C(O)=C2\C(=O)C(=O)N(c3ccc(NC(C)=O)cc3)C2c2ccccc2OC)cc1C(C)C. The molecule has 3 aromatic rings. The van der Waals surface area contributed by atoms with Crippen molar-refractivity contribution in [1.82, 2.24) is 0 Å². The third-order valence-corrected chi connectivity index (χ3v) is 6.55. The minimum atomic E-state index is -0.957. The molecule has 0 bridgehead atoms. The molecule has 3 aromatic carbocycles. The minimum absolute atomic E-state index is 0.0469. The number of hydrogen-bond donors (Lipinski definition) is 2. The average molecular weight is 529 g/mol. The van der Waals surface area contributed by atoms with Gasteiger partial charge < -0.3 is 19.9 Å². The molecule has 1 aliphatic heterocycles. The van der Waals surface area contributed by atoms with Crippen molar-refractivity contribution in [2.45, 2.75) is 39.7 Å². The number of carbonyl (C=O) groups excluding carboxylic acids is 3. The van der Waals surface area contributed by atoms with Gasteiger partial charge in [0, 0.05) is 29.4 Å². The molecule has 0 radical (unpaired) electrons. The Morgan fingerprint density at radius 1 is 1.03 bits per heavy atom. The molecule has 2 N–H and O–H groups in total. The summed E-state index contributed by atoms with van der Waals surface area (Å²) in [6.45, 7) is 7.82. The van der Waals surface area contributed by atoms with E-state index in [1.165, 1.54) is 18.9 Å². The summed E-state index contributed by atoms with van der Waals surface area (Å²) >= 11 is 0. The molecule has 1 aliphatic rings. The highest BCUT2D eigenvalue weighted by atomic mass is 16.5. The highest BCUT2D eigenvalue weighted by Crippen LogP contribution is 2.45. The molecule has 39 heavy (non-hydrogen) atoms. The van der Waals surface area contributed by atoms with Crippen LogP contribution in [-0.2, 0) is 14.4 Å². The van der Waals surface area contributed by atoms with Crippen molar-refractivity contribution >= 4 is 34.7 Å². The van der Waals surface area contributed by atoms with Gasteiger partial charge in [-0.05, 0) is 66.9 Å². The minimum Gasteiger partial charge on any atom is -0.507 e. The molecule has 0 spiro atoms. The van der Waals surface area contributed by atoms with Crippen LogP contribution in [0.2, 0.25) is 0 Å². The molecule has 1 atom stereocenters. The third kappa shape index (κ3) is 5.36. The smallest absolute Gasteiger partial charge is 0.300 e. The first-order valence-electron chi connectivity index (χ1n) is 12.8. The maximum Gasteiger partial charge on any atom is 0.300 e. The molecule has 0 aromatic heterocycles. The molecule has 1 heterocycles. The Morgan fingerprint density at radius 2 is 1.72 bits per heavy atom. The molecule has 1 saturated heterocycles. The number of aliphatic hydroxyl groups excluding tert-OH is 1. The number of amides is 2. The van der Waals surface area contributed by atoms with E-state index >= 15 is 0 Å². The zero-order valence-corrected chi connectivity index (χ0v) is 22.6. The van der Waals surface area contributed by atoms with Gasteiger partial charge in [-0.15, -0.1) is 0 Å². The van der Waals surface area contributed by atoms with Gasteiger partial charge in [0.15, 0.2) is 0 Å². The zero-order chi connectivity index (χ0) is 28.3. The monoisotopic (exact) mass is 528 g/mol. The summed E-state index contributed by atoms with van der Waals surface area (Å²) in [7, 11) is 1.51. The summed E-state index contributed by atoms with van der Waals surface area (Å²) < 4.78 is 11.3. The summed E-state index contributed by atoms with van der Waals surface area (Å²) in [6, 6.07) is 17.9. The number of ether oxygens (including phenoxy) is 2. The van der Waals surface area contributed by atoms with Crippen molar-refractivity contribution in [3.8, 4) is 11.5 Å². The van der Waals surface area contributed by atoms with Gasteiger partial charge in [-0.1, -0.05) is 32.0 Å². The molecule has 4 rings (SSSR count). The Kier molecular flexibility index (Phi) is 8.04. The number of rotatable bonds is 8. The highest BCUT2D eigenvalue weighted by Gasteiger charge is 2.48. The number of anilines is 2. The molecule has 1 fully saturated rings. The Hall–Kier alpha value is -4.59. The Labute approximate surface area is 227 Å². The van der Waals surface area contributed by atoms with Crippen molar-refractivity contribution in [3.63, 3.8) is 0 Å². The van der Waals surface area contributed by atoms with Crippen molar-refractivity contribution in [3.05, 3.63) is 89.0 Å². The van der Waals surface area contributed by atoms with Gasteiger partial charge in [-0.3, -0.25) is 19.3 Å². The quantitative estimate of drug-likeness (QED) is 0.217. The fraction of sp³-hybridized carbons (Fsp3) is 0.258. The molecule has 202 valence electrons. The summed E-state index contributed by atoms with van der Waals surface area (Å²) in [5, 5.41) is 14.3. The highest BCUT2D eigenvalue weighted by molar-refractivity contribution is 6.51. The van der Waals surface area contributed by atoms with E-state index in [1.807, 2.05) is 20.8 Å². The third-order valence-electron chi connectivity index (χ3n) is 6.55. The topological polar surface area (TPSA) is 105 Å². The number of benzene rings is 3. The number of hydrogen-bond acceptors (Lipinski definition) is 6. The molecule has 8 heteroatoms. The summed E-state index contributed by atoms with van der Waals surface area (Å²) in [6.07, 6.45) is 0. The van der Waals surface area contributed by atoms with Gasteiger partial charge in [0.25, 0.3) is 11.7 Å². The van der Waals surface area contributed by atoms with Crippen LogP contribution in [0.15, 0.2) is 72.3 Å². The predicted octanol–water partition coefficient (Wildman–Crippen LogP) is 5.80. The summed E-state index contributed by atoms with van der Waals surface area (Å²) in [5.74, 6) is -0.854. The van der Waals surface area contributed by atoms with Crippen LogP contribution in [0.1, 0.15) is 56.3 Å². The lowest BCUT2D eigenvalue weighted by Gasteiger charge is -2.27. The van der Waals surface area contributed by atoms with Crippen LogP contribution in [0, 0.1) is 0 Å². The fourth-order valence-electron chi connectivity index (χ4n) is 4.78. The Balaban J connectivity index is 1.92. The number of para-hydroxylation sites is 1. The lowest BCUT2D eigenvalue weighted by atomic mass is 9.92. The first kappa shape index (κ1) is 27.4. The summed E-state index contributed by atoms with van der Waals surface area (Å²) in [4.78, 5) is 39.9. The summed E-state index contributed by atoms with van der Waals surface area (Å²) in [5.41, 5.74) is 2.75. The molecule has 0 aliphatic carbocycles. The number of methoxy groups -OCH3 is 1. The van der Waals surface area contributed by atoms with E-state index < -0.39 is 17.7 Å². The second kappa shape index (κ2) is 11.4. The first-order chi connectivity index (χ1) is 18.7. The van der Waals surface area contributed by atoms with E-state index in [0.29, 0.717) is 40.6 Å². The van der Waals surface area contributed by atoms with Crippen LogP contribution in [0.3, 0.4) is 0 Å². The number of carbonyl (C=O) groups is 3. The van der Waals surface area contributed by atoms with Gasteiger partial charge in [0.1, 0.15) is 17.3 Å². The first-order valence-corrected chi connectivity index (χ1v) is 12.8. The van der Waals surface area contributed by atoms with Crippen LogP contribution >= 0.6 is 0 Å². The number of Topliss-reactive ketones (excluding diaryl/α,β-unsaturated/α-hetero) is 1. The van der Waals surface area contributed by atoms with E-state index in [4.69, 9.17) is 9.47 Å². The molecule has 0 saturated carbocycles. The Bertz CT molecular complexity index is 1440. The van der Waals surface area contributed by atoms with E-state index in [1.54, 1.807) is 66.7 Å². The van der Waals surface area contributed by atoms with Crippen molar-refractivity contribution < 1.29 is 29.0 Å². The standard InChI is InChI=1S/C31H32N2O6/c1-6-39-26-16-11-20(17-24(26)18(2)3)29(35)27-28(23-9-7-8-10-25(23)38-5)33(31(37)30(27)36)22-14-12-21(13-15-22)32-19(4)34/h7-18,28,35H,6H2,1-5H3,(H,32,34)/b29-27+. The van der Waals surface area contributed by atoms with Crippen LogP contribution < -0.4 is 19.7 Å². The van der Waals surface area contributed by atoms with E-state index in [2.05, 4.69) is 5.32 Å². The Morgan fingerprint density at radius 3 is 2.33 bits per heavy atom.